The first-order valence-corrected chi connectivity index (χ1v) is 8.66. The van der Waals surface area contributed by atoms with E-state index in [-0.39, 0.29) is 6.04 Å². The summed E-state index contributed by atoms with van der Waals surface area (Å²) in [6, 6.07) is 8.34. The van der Waals surface area contributed by atoms with E-state index in [0.29, 0.717) is 5.92 Å². The zero-order valence-electron chi connectivity index (χ0n) is 14.0. The molecule has 5 nitrogen and oxygen atoms in total. The maximum absolute atomic E-state index is 4.74. The van der Waals surface area contributed by atoms with Gasteiger partial charge in [-0.15, -0.1) is 11.3 Å². The highest BCUT2D eigenvalue weighted by atomic mass is 32.1. The second-order valence-electron chi connectivity index (χ2n) is 6.25. The molecule has 0 bridgehead atoms. The molecule has 0 saturated carbocycles. The quantitative estimate of drug-likeness (QED) is 0.726. The number of nitrogens with one attached hydrogen (secondary N) is 2. The maximum Gasteiger partial charge on any atom is 0.185 e. The second-order valence-corrected chi connectivity index (χ2v) is 7.34. The Kier molecular flexibility index (Phi) is 4.63. The fourth-order valence-electron chi connectivity index (χ4n) is 2.56. The smallest absolute Gasteiger partial charge is 0.185 e. The van der Waals surface area contributed by atoms with Crippen molar-refractivity contribution in [3.63, 3.8) is 0 Å². The lowest BCUT2D eigenvalue weighted by Crippen LogP contribution is -2.26. The molecule has 0 amide bonds. The molecule has 1 atom stereocenters. The Balaban J connectivity index is 1.76. The summed E-state index contributed by atoms with van der Waals surface area (Å²) < 4.78 is 0. The van der Waals surface area contributed by atoms with Crippen LogP contribution < -0.4 is 10.2 Å². The van der Waals surface area contributed by atoms with E-state index in [4.69, 9.17) is 4.98 Å². The fraction of sp³-hybridized carbons (Fsp3) is 0.412. The molecule has 0 spiro atoms. The van der Waals surface area contributed by atoms with Crippen LogP contribution in [0, 0.1) is 5.92 Å². The number of hydrogen-bond acceptors (Lipinski definition) is 5. The van der Waals surface area contributed by atoms with Gasteiger partial charge in [-0.1, -0.05) is 26.0 Å². The Morgan fingerprint density at radius 2 is 2.04 bits per heavy atom. The largest absolute Gasteiger partial charge is 0.354 e. The minimum atomic E-state index is 0.187. The van der Waals surface area contributed by atoms with Crippen LogP contribution in [-0.2, 0) is 6.54 Å². The highest BCUT2D eigenvalue weighted by molar-refractivity contribution is 7.15. The number of H-pyrrole nitrogens is 1. The van der Waals surface area contributed by atoms with Crippen molar-refractivity contribution in [2.24, 2.45) is 5.92 Å². The molecule has 0 saturated heterocycles. The number of anilines is 1. The number of aromatic amines is 1. The lowest BCUT2D eigenvalue weighted by molar-refractivity contribution is 0.397. The highest BCUT2D eigenvalue weighted by Gasteiger charge is 2.19. The number of hydrogen-bond donors (Lipinski definition) is 2. The van der Waals surface area contributed by atoms with Crippen molar-refractivity contribution >= 4 is 27.5 Å². The maximum atomic E-state index is 4.74. The zero-order chi connectivity index (χ0) is 16.4. The van der Waals surface area contributed by atoms with Gasteiger partial charge < -0.3 is 15.2 Å². The molecule has 6 heteroatoms. The number of fused-ring (bicyclic) bond motifs is 1. The molecule has 2 aromatic heterocycles. The third-order valence-electron chi connectivity index (χ3n) is 3.79. The lowest BCUT2D eigenvalue weighted by atomic mass is 10.0. The van der Waals surface area contributed by atoms with Crippen molar-refractivity contribution in [2.45, 2.75) is 26.4 Å². The van der Waals surface area contributed by atoms with Crippen LogP contribution in [0.1, 0.15) is 30.6 Å². The molecule has 2 N–H and O–H groups in total. The third-order valence-corrected chi connectivity index (χ3v) is 4.95. The topological polar surface area (TPSA) is 56.8 Å². The summed E-state index contributed by atoms with van der Waals surface area (Å²) in [5.74, 6) is 1.44. The van der Waals surface area contributed by atoms with Gasteiger partial charge in [-0.2, -0.15) is 0 Å². The van der Waals surface area contributed by atoms with Crippen molar-refractivity contribution < 1.29 is 0 Å². The number of thiazole rings is 1. The molecule has 23 heavy (non-hydrogen) atoms. The molecule has 3 rings (SSSR count). The normalized spacial score (nSPS) is 12.9. The van der Waals surface area contributed by atoms with E-state index in [1.54, 1.807) is 11.3 Å². The van der Waals surface area contributed by atoms with Crippen LogP contribution in [0.25, 0.3) is 11.0 Å². The molecule has 0 unspecified atom stereocenters. The van der Waals surface area contributed by atoms with Gasteiger partial charge in [0.1, 0.15) is 5.82 Å². The van der Waals surface area contributed by atoms with Crippen LogP contribution in [0.3, 0.4) is 0 Å². The summed E-state index contributed by atoms with van der Waals surface area (Å²) in [6.07, 6.45) is 1.95. The van der Waals surface area contributed by atoms with Gasteiger partial charge in [0.2, 0.25) is 0 Å². The van der Waals surface area contributed by atoms with E-state index in [2.05, 4.69) is 35.2 Å². The fourth-order valence-corrected chi connectivity index (χ4v) is 3.35. The molecule has 1 aromatic carbocycles. The summed E-state index contributed by atoms with van der Waals surface area (Å²) in [6.45, 7) is 5.22. The number of nitrogens with zero attached hydrogens (tertiary/aromatic N) is 3. The first-order valence-electron chi connectivity index (χ1n) is 7.84. The predicted molar refractivity (Wildman–Crippen MR) is 97.0 cm³/mol. The van der Waals surface area contributed by atoms with Gasteiger partial charge in [-0.05, 0) is 18.1 Å². The van der Waals surface area contributed by atoms with Crippen LogP contribution in [-0.4, -0.2) is 29.0 Å². The number of rotatable bonds is 6. The molecule has 0 aliphatic heterocycles. The monoisotopic (exact) mass is 329 g/mol. The standard InChI is InChI=1S/C17H23N5S/c1-11(2)15(16-20-13-7-5-6-8-14(13)21-16)18-9-12-10-19-17(23-12)22(3)4/h5-8,10-11,15,18H,9H2,1-4H3,(H,20,21)/t15-/m1/s1. The van der Waals surface area contributed by atoms with E-state index in [1.807, 2.05) is 43.4 Å². The van der Waals surface area contributed by atoms with Crippen LogP contribution in [0.2, 0.25) is 0 Å². The van der Waals surface area contributed by atoms with Crippen molar-refractivity contribution in [1.29, 1.82) is 0 Å². The van der Waals surface area contributed by atoms with Crippen molar-refractivity contribution in [3.8, 4) is 0 Å². The van der Waals surface area contributed by atoms with Gasteiger partial charge in [0.15, 0.2) is 5.13 Å². The Labute approximate surface area is 140 Å². The van der Waals surface area contributed by atoms with E-state index in [9.17, 15) is 0 Å². The molecule has 2 heterocycles. The minimum Gasteiger partial charge on any atom is -0.354 e. The highest BCUT2D eigenvalue weighted by Crippen LogP contribution is 2.25. The predicted octanol–water partition coefficient (Wildman–Crippen LogP) is 3.57. The summed E-state index contributed by atoms with van der Waals surface area (Å²) in [7, 11) is 4.03. The van der Waals surface area contributed by atoms with Gasteiger partial charge >= 0.3 is 0 Å². The first kappa shape index (κ1) is 16.0. The number of benzene rings is 1. The molecule has 0 radical (unpaired) electrons. The van der Waals surface area contributed by atoms with Crippen molar-refractivity contribution in [2.75, 3.05) is 19.0 Å². The van der Waals surface area contributed by atoms with E-state index >= 15 is 0 Å². The summed E-state index contributed by atoms with van der Waals surface area (Å²) in [5, 5.41) is 4.66. The first-order chi connectivity index (χ1) is 11.0. The van der Waals surface area contributed by atoms with Gasteiger partial charge in [0.25, 0.3) is 0 Å². The van der Waals surface area contributed by atoms with Gasteiger partial charge in [0, 0.05) is 31.7 Å². The molecule has 122 valence electrons. The van der Waals surface area contributed by atoms with E-state index < -0.39 is 0 Å². The lowest BCUT2D eigenvalue weighted by Gasteiger charge is -2.19. The average molecular weight is 329 g/mol. The summed E-state index contributed by atoms with van der Waals surface area (Å²) >= 11 is 1.72. The minimum absolute atomic E-state index is 0.187. The van der Waals surface area contributed by atoms with Gasteiger partial charge in [0.05, 0.1) is 17.1 Å². The summed E-state index contributed by atoms with van der Waals surface area (Å²) in [4.78, 5) is 15.9. The Bertz CT molecular complexity index is 741. The molecule has 3 aromatic rings. The van der Waals surface area contributed by atoms with Crippen LogP contribution >= 0.6 is 11.3 Å². The van der Waals surface area contributed by atoms with E-state index in [1.165, 1.54) is 4.88 Å². The SMILES string of the molecule is CC(C)[C@@H](NCc1cnc(N(C)C)s1)c1nc2ccccc2[nH]1. The van der Waals surface area contributed by atoms with E-state index in [0.717, 1.165) is 28.5 Å². The molecular formula is C17H23N5S. The molecule has 0 fully saturated rings. The molecular weight excluding hydrogens is 306 g/mol. The number of imidazole rings is 1. The average Bonchev–Trinajstić information content (AvgIpc) is 3.13. The zero-order valence-corrected chi connectivity index (χ0v) is 14.8. The Hall–Kier alpha value is -1.92. The van der Waals surface area contributed by atoms with Crippen LogP contribution in [0.4, 0.5) is 5.13 Å². The van der Waals surface area contributed by atoms with Crippen molar-refractivity contribution in [3.05, 3.63) is 41.2 Å². The Morgan fingerprint density at radius 3 is 2.70 bits per heavy atom. The second kappa shape index (κ2) is 6.68. The number of para-hydroxylation sites is 2. The molecule has 0 aliphatic carbocycles. The van der Waals surface area contributed by atoms with Gasteiger partial charge in [-0.25, -0.2) is 9.97 Å². The van der Waals surface area contributed by atoms with Crippen molar-refractivity contribution in [1.82, 2.24) is 20.3 Å². The van der Waals surface area contributed by atoms with Crippen LogP contribution in [0.15, 0.2) is 30.5 Å². The summed E-state index contributed by atoms with van der Waals surface area (Å²) in [5.41, 5.74) is 2.10. The number of aromatic nitrogens is 3. The van der Waals surface area contributed by atoms with Gasteiger partial charge in [-0.3, -0.25) is 0 Å². The molecule has 0 aliphatic rings. The third kappa shape index (κ3) is 3.54. The van der Waals surface area contributed by atoms with Crippen LogP contribution in [0.5, 0.6) is 0 Å². The Morgan fingerprint density at radius 1 is 1.26 bits per heavy atom.